The summed E-state index contributed by atoms with van der Waals surface area (Å²) in [5, 5.41) is 20.0. The van der Waals surface area contributed by atoms with Gasteiger partial charge in [-0.3, -0.25) is 0 Å². The van der Waals surface area contributed by atoms with Crippen molar-refractivity contribution in [3.8, 4) is 0 Å². The molecule has 0 amide bonds. The Balaban J connectivity index is 1.95. The summed E-state index contributed by atoms with van der Waals surface area (Å²) in [6, 6.07) is 0. The maximum atomic E-state index is 10.0. The summed E-state index contributed by atoms with van der Waals surface area (Å²) in [7, 11) is 0. The van der Waals surface area contributed by atoms with Gasteiger partial charge in [-0.25, -0.2) is 0 Å². The Morgan fingerprint density at radius 2 is 1.31 bits per heavy atom. The normalized spacial score (nSPS) is 59.5. The van der Waals surface area contributed by atoms with Crippen molar-refractivity contribution in [3.63, 3.8) is 0 Å². The zero-order valence-electron chi connectivity index (χ0n) is 8.00. The van der Waals surface area contributed by atoms with E-state index in [-0.39, 0.29) is 23.0 Å². The van der Waals surface area contributed by atoms with E-state index in [1.54, 1.807) is 0 Å². The summed E-state index contributed by atoms with van der Waals surface area (Å²) in [5.41, 5.74) is 0.311. The van der Waals surface area contributed by atoms with E-state index in [9.17, 15) is 10.2 Å². The third-order valence-corrected chi connectivity index (χ3v) is 4.97. The molecule has 2 N–H and O–H groups in total. The summed E-state index contributed by atoms with van der Waals surface area (Å²) < 4.78 is 0. The predicted octanol–water partition coefficient (Wildman–Crippen LogP) is 1.45. The van der Waals surface area contributed by atoms with Crippen molar-refractivity contribution in [2.24, 2.45) is 10.8 Å². The fourth-order valence-electron chi connectivity index (χ4n) is 4.20. The molecule has 13 heavy (non-hydrogen) atoms. The molecule has 3 fully saturated rings. The number of aliphatic hydroxyl groups is 2. The molecule has 0 unspecified atom stereocenters. The van der Waals surface area contributed by atoms with E-state index >= 15 is 0 Å². The molecular weight excluding hydrogens is 164 g/mol. The number of aliphatic hydroxyl groups excluding tert-OH is 2. The van der Waals surface area contributed by atoms with Crippen molar-refractivity contribution in [1.82, 2.24) is 0 Å². The van der Waals surface area contributed by atoms with E-state index in [2.05, 4.69) is 0 Å². The first-order chi connectivity index (χ1) is 6.21. The highest BCUT2D eigenvalue weighted by atomic mass is 16.3. The van der Waals surface area contributed by atoms with E-state index in [1.807, 2.05) is 0 Å². The topological polar surface area (TPSA) is 40.5 Å². The van der Waals surface area contributed by atoms with Crippen molar-refractivity contribution in [2.75, 3.05) is 0 Å². The van der Waals surface area contributed by atoms with Crippen molar-refractivity contribution >= 4 is 0 Å². The second kappa shape index (κ2) is 2.29. The van der Waals surface area contributed by atoms with Crippen LogP contribution in [0.15, 0.2) is 0 Å². The molecule has 2 heteroatoms. The standard InChI is InChI=1S/C11H18O2/c12-8-3-1-5-10-7-11(8,10)6-2-4-9(10)13/h8-9,12-13H,1-7H2/t8-,9-,10-,11-/m1/s1. The monoisotopic (exact) mass is 182 g/mol. The van der Waals surface area contributed by atoms with Crippen LogP contribution in [0.5, 0.6) is 0 Å². The summed E-state index contributed by atoms with van der Waals surface area (Å²) >= 11 is 0. The lowest BCUT2D eigenvalue weighted by Gasteiger charge is -2.41. The lowest BCUT2D eigenvalue weighted by molar-refractivity contribution is -0.0529. The van der Waals surface area contributed by atoms with E-state index in [1.165, 1.54) is 0 Å². The molecule has 0 aromatic heterocycles. The molecule has 0 aliphatic heterocycles. The van der Waals surface area contributed by atoms with Crippen LogP contribution in [0.2, 0.25) is 0 Å². The van der Waals surface area contributed by atoms with Gasteiger partial charge < -0.3 is 10.2 Å². The van der Waals surface area contributed by atoms with Gasteiger partial charge in [0.1, 0.15) is 0 Å². The molecule has 0 bridgehead atoms. The molecule has 2 nitrogen and oxygen atoms in total. The molecule has 0 aromatic rings. The van der Waals surface area contributed by atoms with E-state index in [0.717, 1.165) is 44.9 Å². The van der Waals surface area contributed by atoms with Crippen LogP contribution in [0.25, 0.3) is 0 Å². The van der Waals surface area contributed by atoms with Gasteiger partial charge in [0.2, 0.25) is 0 Å². The van der Waals surface area contributed by atoms with Crippen molar-refractivity contribution < 1.29 is 10.2 Å². The minimum absolute atomic E-state index is 0.115. The van der Waals surface area contributed by atoms with Crippen molar-refractivity contribution in [1.29, 1.82) is 0 Å². The second-order valence-corrected chi connectivity index (χ2v) is 5.31. The smallest absolute Gasteiger partial charge is 0.0602 e. The van der Waals surface area contributed by atoms with Gasteiger partial charge in [0.15, 0.2) is 0 Å². The van der Waals surface area contributed by atoms with Gasteiger partial charge in [-0.1, -0.05) is 12.8 Å². The van der Waals surface area contributed by atoms with Crippen LogP contribution in [0.3, 0.4) is 0 Å². The van der Waals surface area contributed by atoms with E-state index < -0.39 is 0 Å². The Morgan fingerprint density at radius 1 is 0.846 bits per heavy atom. The molecule has 0 spiro atoms. The fourth-order valence-corrected chi connectivity index (χ4v) is 4.20. The molecule has 74 valence electrons. The molecule has 0 radical (unpaired) electrons. The van der Waals surface area contributed by atoms with Gasteiger partial charge in [0.05, 0.1) is 12.2 Å². The van der Waals surface area contributed by atoms with Gasteiger partial charge >= 0.3 is 0 Å². The Hall–Kier alpha value is -0.0800. The predicted molar refractivity (Wildman–Crippen MR) is 49.2 cm³/mol. The number of rotatable bonds is 0. The highest BCUT2D eigenvalue weighted by molar-refractivity contribution is 5.23. The van der Waals surface area contributed by atoms with Gasteiger partial charge in [-0.2, -0.15) is 0 Å². The zero-order chi connectivity index (χ0) is 9.10. The van der Waals surface area contributed by atoms with Gasteiger partial charge in [0, 0.05) is 10.8 Å². The first-order valence-corrected chi connectivity index (χ1v) is 5.57. The molecule has 0 saturated heterocycles. The van der Waals surface area contributed by atoms with Crippen molar-refractivity contribution in [3.05, 3.63) is 0 Å². The minimum Gasteiger partial charge on any atom is -0.393 e. The quantitative estimate of drug-likeness (QED) is 0.595. The Kier molecular flexibility index (Phi) is 1.45. The molecule has 3 aliphatic carbocycles. The summed E-state index contributed by atoms with van der Waals surface area (Å²) in [4.78, 5) is 0. The van der Waals surface area contributed by atoms with Crippen LogP contribution in [-0.2, 0) is 0 Å². The highest BCUT2D eigenvalue weighted by Crippen LogP contribution is 2.77. The molecule has 3 aliphatic rings. The average molecular weight is 182 g/mol. The summed E-state index contributed by atoms with van der Waals surface area (Å²) in [5.74, 6) is 0. The number of hydrogen-bond donors (Lipinski definition) is 2. The largest absolute Gasteiger partial charge is 0.393 e. The molecule has 3 saturated carbocycles. The highest BCUT2D eigenvalue weighted by Gasteiger charge is 2.74. The Morgan fingerprint density at radius 3 is 1.77 bits per heavy atom. The maximum absolute atomic E-state index is 10.0. The van der Waals surface area contributed by atoms with Crippen LogP contribution in [0.4, 0.5) is 0 Å². The molecule has 3 rings (SSSR count). The third-order valence-electron chi connectivity index (χ3n) is 4.97. The van der Waals surface area contributed by atoms with Gasteiger partial charge in [-0.05, 0) is 32.1 Å². The molecular formula is C11H18O2. The number of hydrogen-bond acceptors (Lipinski definition) is 2. The van der Waals surface area contributed by atoms with Crippen LogP contribution in [0, 0.1) is 10.8 Å². The summed E-state index contributed by atoms with van der Waals surface area (Å²) in [6.07, 6.45) is 7.34. The van der Waals surface area contributed by atoms with Gasteiger partial charge in [-0.15, -0.1) is 0 Å². The molecule has 4 atom stereocenters. The third kappa shape index (κ3) is 0.774. The van der Waals surface area contributed by atoms with E-state index in [4.69, 9.17) is 0 Å². The van der Waals surface area contributed by atoms with Crippen molar-refractivity contribution in [2.45, 2.75) is 57.2 Å². The minimum atomic E-state index is -0.115. The zero-order valence-corrected chi connectivity index (χ0v) is 8.00. The van der Waals surface area contributed by atoms with E-state index in [0.29, 0.717) is 0 Å². The summed E-state index contributed by atoms with van der Waals surface area (Å²) in [6.45, 7) is 0. The fraction of sp³-hybridized carbons (Fsp3) is 1.00. The van der Waals surface area contributed by atoms with Crippen LogP contribution >= 0.6 is 0 Å². The first-order valence-electron chi connectivity index (χ1n) is 5.57. The second-order valence-electron chi connectivity index (χ2n) is 5.31. The lowest BCUT2D eigenvalue weighted by Crippen LogP contribution is -2.41. The molecule has 0 aromatic carbocycles. The lowest BCUT2D eigenvalue weighted by atomic mass is 9.68. The SMILES string of the molecule is O[C@@H]1CCC[C@]23C[C@]12CCC[C@H]3O. The molecule has 0 heterocycles. The average Bonchev–Trinajstić information content (AvgIpc) is 2.78. The van der Waals surface area contributed by atoms with Crippen LogP contribution < -0.4 is 0 Å². The van der Waals surface area contributed by atoms with Gasteiger partial charge in [0.25, 0.3) is 0 Å². The van der Waals surface area contributed by atoms with Crippen LogP contribution in [0.1, 0.15) is 44.9 Å². The Bertz CT molecular complexity index is 216. The maximum Gasteiger partial charge on any atom is 0.0602 e. The first kappa shape index (κ1) is 8.25. The van der Waals surface area contributed by atoms with Crippen LogP contribution in [-0.4, -0.2) is 22.4 Å². The Labute approximate surface area is 79.0 Å².